The first kappa shape index (κ1) is 21.0. The van der Waals surface area contributed by atoms with E-state index in [1.807, 2.05) is 11.9 Å². The molecule has 1 aromatic carbocycles. The minimum absolute atomic E-state index is 0.0188. The van der Waals surface area contributed by atoms with Crippen molar-refractivity contribution in [1.29, 1.82) is 0 Å². The predicted octanol–water partition coefficient (Wildman–Crippen LogP) is 0.471. The van der Waals surface area contributed by atoms with Crippen LogP contribution in [0.2, 0.25) is 5.02 Å². The summed E-state index contributed by atoms with van der Waals surface area (Å²) in [7, 11) is 1.49. The number of hydrogen-bond donors (Lipinski definition) is 4. The molecule has 150 valence electrons. The van der Waals surface area contributed by atoms with Gasteiger partial charge in [0.15, 0.2) is 11.5 Å². The summed E-state index contributed by atoms with van der Waals surface area (Å²) in [5, 5.41) is 12.5. The topological polar surface area (TPSA) is 151 Å². The summed E-state index contributed by atoms with van der Waals surface area (Å²) in [5.74, 6) is 0.398. The molecule has 28 heavy (non-hydrogen) atoms. The van der Waals surface area contributed by atoms with Gasteiger partial charge in [-0.05, 0) is 24.6 Å². The van der Waals surface area contributed by atoms with E-state index in [4.69, 9.17) is 21.1 Å². The van der Waals surface area contributed by atoms with E-state index in [1.54, 1.807) is 12.1 Å². The number of ether oxygens (including phenoxy) is 2. The number of carbonyl (C=O) groups is 1. The fraction of sp³-hybridized carbons (Fsp3) is 0.312. The lowest BCUT2D eigenvalue weighted by molar-refractivity contribution is -0.120. The highest BCUT2D eigenvalue weighted by Gasteiger charge is 2.11. The molecular weight excluding hydrogens is 392 g/mol. The summed E-state index contributed by atoms with van der Waals surface area (Å²) in [6, 6.07) is 3.29. The average Bonchev–Trinajstić information content (AvgIpc) is 2.65. The molecule has 0 aliphatic heterocycles. The van der Waals surface area contributed by atoms with Crippen molar-refractivity contribution in [3.63, 3.8) is 0 Å². The van der Waals surface area contributed by atoms with Gasteiger partial charge in [-0.3, -0.25) is 14.6 Å². The van der Waals surface area contributed by atoms with Crippen molar-refractivity contribution in [1.82, 2.24) is 20.6 Å². The highest BCUT2D eigenvalue weighted by Crippen LogP contribution is 2.35. The zero-order valence-corrected chi connectivity index (χ0v) is 15.9. The molecule has 4 N–H and O–H groups in total. The first-order valence-electron chi connectivity index (χ1n) is 8.19. The molecule has 11 nitrogen and oxygen atoms in total. The second-order valence-corrected chi connectivity index (χ2v) is 5.70. The van der Waals surface area contributed by atoms with E-state index in [0.717, 1.165) is 0 Å². The zero-order valence-electron chi connectivity index (χ0n) is 15.2. The maximum Gasteiger partial charge on any atom is 0.342 e. The molecule has 0 saturated carbocycles. The highest BCUT2D eigenvalue weighted by atomic mass is 35.5. The Morgan fingerprint density at radius 3 is 2.86 bits per heavy atom. The summed E-state index contributed by atoms with van der Waals surface area (Å²) in [6.45, 7) is 2.39. The summed E-state index contributed by atoms with van der Waals surface area (Å²) >= 11 is 6.16. The predicted molar refractivity (Wildman–Crippen MR) is 103 cm³/mol. The molecular formula is C16H19ClN6O5. The lowest BCUT2D eigenvalue weighted by atomic mass is 10.2. The number of H-pyrrole nitrogens is 2. The summed E-state index contributed by atoms with van der Waals surface area (Å²) in [5.41, 5.74) is 1.56. The second kappa shape index (κ2) is 10.1. The van der Waals surface area contributed by atoms with Gasteiger partial charge in [0.05, 0.1) is 25.0 Å². The molecule has 0 radical (unpaired) electrons. The zero-order chi connectivity index (χ0) is 20.5. The van der Waals surface area contributed by atoms with Gasteiger partial charge in [-0.2, -0.15) is 5.10 Å². The van der Waals surface area contributed by atoms with Gasteiger partial charge in [0.25, 0.3) is 5.56 Å². The Morgan fingerprint density at radius 1 is 1.39 bits per heavy atom. The lowest BCUT2D eigenvalue weighted by Crippen LogP contribution is -2.28. The van der Waals surface area contributed by atoms with Crippen molar-refractivity contribution >= 4 is 29.5 Å². The van der Waals surface area contributed by atoms with Crippen LogP contribution in [-0.2, 0) is 4.79 Å². The van der Waals surface area contributed by atoms with Crippen LogP contribution in [0.4, 0.5) is 5.82 Å². The van der Waals surface area contributed by atoms with E-state index < -0.39 is 17.2 Å². The van der Waals surface area contributed by atoms with Crippen LogP contribution in [0.3, 0.4) is 0 Å². The highest BCUT2D eigenvalue weighted by molar-refractivity contribution is 6.32. The number of benzene rings is 1. The Morgan fingerprint density at radius 2 is 2.18 bits per heavy atom. The molecule has 0 spiro atoms. The van der Waals surface area contributed by atoms with Crippen LogP contribution in [0.5, 0.6) is 11.5 Å². The average molecular weight is 411 g/mol. The SMILES string of the molecule is CCOc1c(Cl)cc(/C=N/NC(=O)CCNc2n[nH]c(=O)[nH]c2=O)cc1OC. The van der Waals surface area contributed by atoms with E-state index in [2.05, 4.69) is 26.0 Å². The minimum atomic E-state index is -0.714. The van der Waals surface area contributed by atoms with Crippen molar-refractivity contribution in [2.24, 2.45) is 5.10 Å². The van der Waals surface area contributed by atoms with E-state index in [-0.39, 0.29) is 18.8 Å². The molecule has 0 aliphatic carbocycles. The summed E-state index contributed by atoms with van der Waals surface area (Å²) in [6.07, 6.45) is 1.43. The van der Waals surface area contributed by atoms with Crippen LogP contribution < -0.4 is 31.5 Å². The number of halogens is 1. The van der Waals surface area contributed by atoms with Crippen molar-refractivity contribution in [3.8, 4) is 11.5 Å². The molecule has 1 amide bonds. The molecule has 0 fully saturated rings. The van der Waals surface area contributed by atoms with Gasteiger partial charge in [0.1, 0.15) is 0 Å². The van der Waals surface area contributed by atoms with Gasteiger partial charge < -0.3 is 14.8 Å². The van der Waals surface area contributed by atoms with Gasteiger partial charge in [0.2, 0.25) is 11.7 Å². The molecule has 1 aromatic heterocycles. The number of aromatic amines is 2. The molecule has 12 heteroatoms. The van der Waals surface area contributed by atoms with Crippen molar-refractivity contribution in [2.45, 2.75) is 13.3 Å². The molecule has 0 saturated heterocycles. The monoisotopic (exact) mass is 410 g/mol. The number of rotatable bonds is 9. The standard InChI is InChI=1S/C16H19ClN6O5/c1-3-28-13-10(17)6-9(7-11(13)27-2)8-19-21-12(24)4-5-18-14-15(25)20-16(26)23-22-14/h6-8H,3-5H2,1-2H3,(H,18,22)(H,21,24)(H2,20,23,25,26)/b19-8+. The second-order valence-electron chi connectivity index (χ2n) is 5.29. The Balaban J connectivity index is 1.88. The van der Waals surface area contributed by atoms with Gasteiger partial charge in [-0.25, -0.2) is 15.3 Å². The summed E-state index contributed by atoms with van der Waals surface area (Å²) < 4.78 is 10.7. The maximum absolute atomic E-state index is 11.8. The van der Waals surface area contributed by atoms with Gasteiger partial charge in [-0.1, -0.05) is 11.6 Å². The fourth-order valence-corrected chi connectivity index (χ4v) is 2.37. The Hall–Kier alpha value is -3.34. The summed E-state index contributed by atoms with van der Waals surface area (Å²) in [4.78, 5) is 36.1. The van der Waals surface area contributed by atoms with E-state index in [9.17, 15) is 14.4 Å². The van der Waals surface area contributed by atoms with Crippen molar-refractivity contribution in [2.75, 3.05) is 25.6 Å². The molecule has 0 bridgehead atoms. The molecule has 0 atom stereocenters. The Labute approximate surface area is 164 Å². The smallest absolute Gasteiger partial charge is 0.342 e. The van der Waals surface area contributed by atoms with Crippen LogP contribution in [0, 0.1) is 0 Å². The Kier molecular flexibility index (Phi) is 7.57. The minimum Gasteiger partial charge on any atom is -0.493 e. The fourth-order valence-electron chi connectivity index (χ4n) is 2.10. The third-order valence-corrected chi connectivity index (χ3v) is 3.58. The normalized spacial score (nSPS) is 10.7. The van der Waals surface area contributed by atoms with Gasteiger partial charge >= 0.3 is 5.69 Å². The number of methoxy groups -OCH3 is 1. The van der Waals surface area contributed by atoms with Gasteiger partial charge in [0, 0.05) is 13.0 Å². The first-order valence-corrected chi connectivity index (χ1v) is 8.57. The largest absolute Gasteiger partial charge is 0.493 e. The number of hydrazone groups is 1. The number of nitrogens with zero attached hydrogens (tertiary/aromatic N) is 2. The lowest BCUT2D eigenvalue weighted by Gasteiger charge is -2.11. The molecule has 0 unspecified atom stereocenters. The van der Waals surface area contributed by atoms with E-state index in [0.29, 0.717) is 28.7 Å². The van der Waals surface area contributed by atoms with Crippen LogP contribution in [-0.4, -0.2) is 47.6 Å². The Bertz CT molecular complexity index is 971. The molecule has 2 rings (SSSR count). The third kappa shape index (κ3) is 5.84. The van der Waals surface area contributed by atoms with Crippen LogP contribution in [0.1, 0.15) is 18.9 Å². The van der Waals surface area contributed by atoms with Crippen LogP contribution >= 0.6 is 11.6 Å². The van der Waals surface area contributed by atoms with Crippen LogP contribution in [0.15, 0.2) is 26.8 Å². The number of amides is 1. The first-order chi connectivity index (χ1) is 13.4. The third-order valence-electron chi connectivity index (χ3n) is 3.30. The molecule has 2 aromatic rings. The number of nitrogens with one attached hydrogen (secondary N) is 4. The number of hydrogen-bond acceptors (Lipinski definition) is 8. The van der Waals surface area contributed by atoms with Crippen molar-refractivity contribution in [3.05, 3.63) is 43.6 Å². The van der Waals surface area contributed by atoms with Gasteiger partial charge in [-0.15, -0.1) is 5.10 Å². The van der Waals surface area contributed by atoms with Crippen molar-refractivity contribution < 1.29 is 14.3 Å². The number of aromatic nitrogens is 3. The maximum atomic E-state index is 11.8. The van der Waals surface area contributed by atoms with E-state index in [1.165, 1.54) is 13.3 Å². The molecule has 0 aliphatic rings. The van der Waals surface area contributed by atoms with Crippen LogP contribution in [0.25, 0.3) is 0 Å². The molecule has 1 heterocycles. The number of carbonyl (C=O) groups excluding carboxylic acids is 1. The quantitative estimate of drug-likeness (QED) is 0.346. The number of anilines is 1. The van der Waals surface area contributed by atoms with E-state index >= 15 is 0 Å².